The molecule has 1 aromatic carbocycles. The van der Waals surface area contributed by atoms with E-state index in [4.69, 9.17) is 4.74 Å². The predicted octanol–water partition coefficient (Wildman–Crippen LogP) is 2.47. The molecule has 1 atom stereocenters. The maximum Gasteiger partial charge on any atom is 0.306 e. The fourth-order valence-electron chi connectivity index (χ4n) is 1.40. The molecule has 0 aromatic heterocycles. The summed E-state index contributed by atoms with van der Waals surface area (Å²) in [7, 11) is -1.39. The Hall–Kier alpha value is -1.01. The Morgan fingerprint density at radius 2 is 1.95 bits per heavy atom. The molecule has 0 aliphatic heterocycles. The van der Waals surface area contributed by atoms with Crippen molar-refractivity contribution in [2.75, 3.05) is 12.4 Å². The van der Waals surface area contributed by atoms with Crippen LogP contribution in [0.2, 0.25) is 0 Å². The Labute approximate surface area is 123 Å². The minimum atomic E-state index is -1.39. The number of rotatable bonds is 7. The molecule has 1 rings (SSSR count). The number of benzene rings is 1. The van der Waals surface area contributed by atoms with Crippen molar-refractivity contribution in [1.29, 1.82) is 0 Å². The largest absolute Gasteiger partial charge is 0.466 e. The fraction of sp³-hybridized carbons (Fsp3) is 0.385. The molecule has 0 amide bonds. The lowest BCUT2D eigenvalue weighted by Gasteiger charge is -2.04. The number of hydrogen-bond donors (Lipinski definition) is 0. The van der Waals surface area contributed by atoms with Gasteiger partial charge in [0.1, 0.15) is 5.78 Å². The Bertz CT molecular complexity index is 487. The van der Waals surface area contributed by atoms with Crippen LogP contribution in [-0.2, 0) is 25.1 Å². The third kappa shape index (κ3) is 5.65. The van der Waals surface area contributed by atoms with Gasteiger partial charge in [-0.2, -0.15) is 0 Å². The van der Waals surface area contributed by atoms with Gasteiger partial charge >= 0.3 is 5.97 Å². The molecule has 104 valence electrons. The summed E-state index contributed by atoms with van der Waals surface area (Å²) in [6, 6.07) is 7.06. The van der Waals surface area contributed by atoms with Gasteiger partial charge in [0.05, 0.1) is 34.5 Å². The van der Waals surface area contributed by atoms with Crippen molar-refractivity contribution in [3.8, 4) is 0 Å². The lowest BCUT2D eigenvalue weighted by molar-refractivity contribution is -0.144. The van der Waals surface area contributed by atoms with Gasteiger partial charge in [0.2, 0.25) is 0 Å². The molecule has 0 aliphatic carbocycles. The van der Waals surface area contributed by atoms with Crippen LogP contribution in [0.3, 0.4) is 0 Å². The Morgan fingerprint density at radius 1 is 1.26 bits per heavy atom. The SMILES string of the molecule is CCOC(=O)CCC(=O)CS(=O)c1ccccc1Br. The molecular formula is C13H15BrO4S. The van der Waals surface area contributed by atoms with Crippen LogP contribution in [0.15, 0.2) is 33.6 Å². The smallest absolute Gasteiger partial charge is 0.306 e. The lowest BCUT2D eigenvalue weighted by Crippen LogP contribution is -2.14. The maximum absolute atomic E-state index is 12.0. The topological polar surface area (TPSA) is 60.4 Å². The fourth-order valence-corrected chi connectivity index (χ4v) is 3.33. The maximum atomic E-state index is 12.0. The molecule has 0 saturated heterocycles. The molecule has 0 aliphatic rings. The van der Waals surface area contributed by atoms with Crippen molar-refractivity contribution in [2.45, 2.75) is 24.7 Å². The second-order valence-corrected chi connectivity index (χ2v) is 6.04. The van der Waals surface area contributed by atoms with Gasteiger partial charge in [-0.05, 0) is 35.0 Å². The number of ether oxygens (including phenoxy) is 1. The zero-order valence-electron chi connectivity index (χ0n) is 10.6. The quantitative estimate of drug-likeness (QED) is 0.711. The first-order valence-electron chi connectivity index (χ1n) is 5.84. The summed E-state index contributed by atoms with van der Waals surface area (Å²) in [5, 5.41) is 0. The van der Waals surface area contributed by atoms with Crippen molar-refractivity contribution in [2.24, 2.45) is 0 Å². The van der Waals surface area contributed by atoms with Crippen LogP contribution in [-0.4, -0.2) is 28.3 Å². The summed E-state index contributed by atoms with van der Waals surface area (Å²) in [6.07, 6.45) is 0.106. The van der Waals surface area contributed by atoms with Gasteiger partial charge in [0.25, 0.3) is 0 Å². The molecule has 0 N–H and O–H groups in total. The number of carbonyl (C=O) groups excluding carboxylic acids is 2. The number of esters is 1. The van der Waals surface area contributed by atoms with E-state index in [1.54, 1.807) is 25.1 Å². The minimum absolute atomic E-state index is 0.0415. The van der Waals surface area contributed by atoms with Gasteiger partial charge in [0, 0.05) is 10.9 Å². The zero-order valence-corrected chi connectivity index (χ0v) is 13.0. The van der Waals surface area contributed by atoms with Gasteiger partial charge < -0.3 is 4.74 Å². The lowest BCUT2D eigenvalue weighted by atomic mass is 10.2. The molecule has 0 bridgehead atoms. The van der Waals surface area contributed by atoms with Gasteiger partial charge in [-0.3, -0.25) is 13.8 Å². The van der Waals surface area contributed by atoms with E-state index < -0.39 is 16.8 Å². The van der Waals surface area contributed by atoms with E-state index >= 15 is 0 Å². The third-order valence-corrected chi connectivity index (χ3v) is 4.67. The van der Waals surface area contributed by atoms with E-state index in [-0.39, 0.29) is 24.4 Å². The van der Waals surface area contributed by atoms with Crippen LogP contribution in [0.5, 0.6) is 0 Å². The highest BCUT2D eigenvalue weighted by Crippen LogP contribution is 2.20. The van der Waals surface area contributed by atoms with E-state index in [9.17, 15) is 13.8 Å². The summed E-state index contributed by atoms with van der Waals surface area (Å²) in [6.45, 7) is 2.01. The van der Waals surface area contributed by atoms with Crippen LogP contribution in [0, 0.1) is 0 Å². The Morgan fingerprint density at radius 3 is 2.58 bits per heavy atom. The first-order chi connectivity index (χ1) is 9.04. The predicted molar refractivity (Wildman–Crippen MR) is 76.3 cm³/mol. The van der Waals surface area contributed by atoms with Gasteiger partial charge in [-0.15, -0.1) is 0 Å². The molecule has 0 fully saturated rings. The number of hydrogen-bond acceptors (Lipinski definition) is 4. The normalized spacial score (nSPS) is 11.9. The summed E-state index contributed by atoms with van der Waals surface area (Å²) >= 11 is 3.29. The van der Waals surface area contributed by atoms with Gasteiger partial charge in [0.15, 0.2) is 0 Å². The van der Waals surface area contributed by atoms with Crippen molar-refractivity contribution < 1.29 is 18.5 Å². The Balaban J connectivity index is 2.47. The highest BCUT2D eigenvalue weighted by atomic mass is 79.9. The van der Waals surface area contributed by atoms with Crippen LogP contribution < -0.4 is 0 Å². The van der Waals surface area contributed by atoms with Crippen LogP contribution in [0.4, 0.5) is 0 Å². The van der Waals surface area contributed by atoms with Crippen molar-refractivity contribution in [3.63, 3.8) is 0 Å². The molecule has 4 nitrogen and oxygen atoms in total. The first kappa shape index (κ1) is 16.0. The average molecular weight is 347 g/mol. The second kappa shape index (κ2) is 8.22. The molecule has 19 heavy (non-hydrogen) atoms. The van der Waals surface area contributed by atoms with Crippen molar-refractivity contribution in [1.82, 2.24) is 0 Å². The summed E-state index contributed by atoms with van der Waals surface area (Å²) in [4.78, 5) is 23.3. The zero-order chi connectivity index (χ0) is 14.3. The molecule has 0 heterocycles. The van der Waals surface area contributed by atoms with Crippen LogP contribution in [0.25, 0.3) is 0 Å². The van der Waals surface area contributed by atoms with Gasteiger partial charge in [-0.1, -0.05) is 12.1 Å². The molecule has 0 spiro atoms. The first-order valence-corrected chi connectivity index (χ1v) is 7.96. The highest BCUT2D eigenvalue weighted by molar-refractivity contribution is 9.10. The molecule has 0 saturated carbocycles. The monoisotopic (exact) mass is 346 g/mol. The van der Waals surface area contributed by atoms with Crippen LogP contribution >= 0.6 is 15.9 Å². The van der Waals surface area contributed by atoms with Crippen molar-refractivity contribution >= 4 is 38.5 Å². The number of ketones is 1. The molecule has 1 aromatic rings. The van der Waals surface area contributed by atoms with Crippen molar-refractivity contribution in [3.05, 3.63) is 28.7 Å². The van der Waals surface area contributed by atoms with E-state index in [0.29, 0.717) is 16.0 Å². The summed E-state index contributed by atoms with van der Waals surface area (Å²) in [5.41, 5.74) is 0. The number of carbonyl (C=O) groups is 2. The number of halogens is 1. The summed E-state index contributed by atoms with van der Waals surface area (Å²) in [5.74, 6) is -0.688. The molecular weight excluding hydrogens is 332 g/mol. The van der Waals surface area contributed by atoms with Crippen LogP contribution in [0.1, 0.15) is 19.8 Å². The highest BCUT2D eigenvalue weighted by Gasteiger charge is 2.14. The third-order valence-electron chi connectivity index (χ3n) is 2.29. The van der Waals surface area contributed by atoms with E-state index in [0.717, 1.165) is 0 Å². The van der Waals surface area contributed by atoms with Gasteiger partial charge in [-0.25, -0.2) is 0 Å². The standard InChI is InChI=1S/C13H15BrO4S/c1-2-18-13(16)8-7-10(15)9-19(17)12-6-4-3-5-11(12)14/h3-6H,2,7-9H2,1H3. The molecule has 1 unspecified atom stereocenters. The number of Topliss-reactive ketones (excluding diaryl/α,β-unsaturated/α-hetero) is 1. The second-order valence-electron chi connectivity index (χ2n) is 3.76. The molecule has 0 radical (unpaired) electrons. The minimum Gasteiger partial charge on any atom is -0.466 e. The molecule has 6 heteroatoms. The Kier molecular flexibility index (Phi) is 6.94. The summed E-state index contributed by atoms with van der Waals surface area (Å²) < 4.78 is 17.4. The van der Waals surface area contributed by atoms with E-state index in [1.807, 2.05) is 6.07 Å². The van der Waals surface area contributed by atoms with E-state index in [1.165, 1.54) is 0 Å². The van der Waals surface area contributed by atoms with E-state index in [2.05, 4.69) is 15.9 Å². The average Bonchev–Trinajstić information content (AvgIpc) is 2.37.